The van der Waals surface area contributed by atoms with Crippen molar-refractivity contribution in [3.05, 3.63) is 103 Å². The van der Waals surface area contributed by atoms with E-state index < -0.39 is 0 Å². The maximum atomic E-state index is 4.95. The molecule has 31 heavy (non-hydrogen) atoms. The Morgan fingerprint density at radius 2 is 1.13 bits per heavy atom. The molecule has 0 aliphatic rings. The summed E-state index contributed by atoms with van der Waals surface area (Å²) in [6.07, 6.45) is 0. The van der Waals surface area contributed by atoms with Crippen LogP contribution in [0.25, 0.3) is 64.2 Å². The summed E-state index contributed by atoms with van der Waals surface area (Å²) in [6.45, 7) is 0. The van der Waals surface area contributed by atoms with Crippen molar-refractivity contribution in [2.24, 2.45) is 0 Å². The molecular formula is C29H17NS. The molecule has 0 aliphatic carbocycles. The number of rotatable bonds is 2. The second-order valence-corrected chi connectivity index (χ2v) is 9.03. The lowest BCUT2D eigenvalue weighted by atomic mass is 9.88. The van der Waals surface area contributed by atoms with Crippen LogP contribution >= 0.6 is 11.3 Å². The first-order valence-electron chi connectivity index (χ1n) is 10.5. The van der Waals surface area contributed by atoms with Crippen LogP contribution in [0.2, 0.25) is 0 Å². The summed E-state index contributed by atoms with van der Waals surface area (Å²) in [7, 11) is 0. The maximum Gasteiger partial charge on any atom is 0.125 e. The standard InChI is InChI=1S/C29H17NS/c1-2-6-18(7-3-1)21-14-10-19-12-16-23-24(29-30-25-8-4-5-9-26(25)31-29)17-13-20-11-15-22(21)27(19)28(20)23/h1-17H. The van der Waals surface area contributed by atoms with Gasteiger partial charge in [0.1, 0.15) is 5.01 Å². The van der Waals surface area contributed by atoms with Gasteiger partial charge in [-0.15, -0.1) is 11.3 Å². The Balaban J connectivity index is 1.59. The van der Waals surface area contributed by atoms with Crippen molar-refractivity contribution in [1.29, 1.82) is 0 Å². The quantitative estimate of drug-likeness (QED) is 0.260. The van der Waals surface area contributed by atoms with Crippen LogP contribution in [0, 0.1) is 0 Å². The van der Waals surface area contributed by atoms with Crippen molar-refractivity contribution in [2.75, 3.05) is 0 Å². The van der Waals surface area contributed by atoms with Gasteiger partial charge in [-0.1, -0.05) is 91.0 Å². The molecule has 0 unspecified atom stereocenters. The van der Waals surface area contributed by atoms with Gasteiger partial charge in [-0.3, -0.25) is 0 Å². The van der Waals surface area contributed by atoms with Crippen molar-refractivity contribution in [3.63, 3.8) is 0 Å². The molecule has 0 atom stereocenters. The van der Waals surface area contributed by atoms with Crippen LogP contribution in [0.1, 0.15) is 0 Å². The minimum atomic E-state index is 1.07. The fraction of sp³-hybridized carbons (Fsp3) is 0. The van der Waals surface area contributed by atoms with E-state index in [0.717, 1.165) is 10.5 Å². The van der Waals surface area contributed by atoms with Crippen LogP contribution in [0.3, 0.4) is 0 Å². The van der Waals surface area contributed by atoms with Gasteiger partial charge in [0, 0.05) is 5.56 Å². The zero-order chi connectivity index (χ0) is 20.4. The summed E-state index contributed by atoms with van der Waals surface area (Å²) >= 11 is 1.77. The van der Waals surface area contributed by atoms with E-state index in [-0.39, 0.29) is 0 Å². The van der Waals surface area contributed by atoms with Gasteiger partial charge in [0.25, 0.3) is 0 Å². The van der Waals surface area contributed by atoms with Gasteiger partial charge < -0.3 is 0 Å². The second kappa shape index (κ2) is 6.37. The first kappa shape index (κ1) is 17.0. The van der Waals surface area contributed by atoms with Crippen LogP contribution in [-0.2, 0) is 0 Å². The number of nitrogens with zero attached hydrogens (tertiary/aromatic N) is 1. The van der Waals surface area contributed by atoms with Crippen LogP contribution in [0.15, 0.2) is 103 Å². The molecule has 1 heterocycles. The fourth-order valence-electron chi connectivity index (χ4n) is 4.84. The molecule has 0 aliphatic heterocycles. The highest BCUT2D eigenvalue weighted by Gasteiger charge is 2.16. The molecule has 7 rings (SSSR count). The number of benzene rings is 6. The molecule has 0 fully saturated rings. The molecule has 0 N–H and O–H groups in total. The van der Waals surface area contributed by atoms with Gasteiger partial charge in [-0.05, 0) is 55.6 Å². The third kappa shape index (κ3) is 2.46. The largest absolute Gasteiger partial charge is 0.236 e. The van der Waals surface area contributed by atoms with Crippen molar-refractivity contribution < 1.29 is 0 Å². The molecule has 0 saturated carbocycles. The molecular weight excluding hydrogens is 394 g/mol. The summed E-state index contributed by atoms with van der Waals surface area (Å²) in [5.74, 6) is 0. The number of hydrogen-bond donors (Lipinski definition) is 0. The number of thiazole rings is 1. The van der Waals surface area contributed by atoms with Gasteiger partial charge in [0.15, 0.2) is 0 Å². The van der Waals surface area contributed by atoms with E-state index >= 15 is 0 Å². The maximum absolute atomic E-state index is 4.95. The molecule has 1 nitrogen and oxygen atoms in total. The van der Waals surface area contributed by atoms with E-state index in [1.165, 1.54) is 53.7 Å². The van der Waals surface area contributed by atoms with E-state index in [2.05, 4.69) is 103 Å². The number of hydrogen-bond acceptors (Lipinski definition) is 2. The summed E-state index contributed by atoms with van der Waals surface area (Å²) < 4.78 is 1.23. The Labute approximate surface area is 183 Å². The first-order valence-corrected chi connectivity index (χ1v) is 11.3. The Morgan fingerprint density at radius 1 is 0.516 bits per heavy atom. The Bertz CT molecular complexity index is 1690. The molecule has 0 saturated heterocycles. The zero-order valence-corrected chi connectivity index (χ0v) is 17.5. The zero-order valence-electron chi connectivity index (χ0n) is 16.7. The molecule has 0 amide bonds. The lowest BCUT2D eigenvalue weighted by Gasteiger charge is -2.15. The third-order valence-electron chi connectivity index (χ3n) is 6.27. The predicted molar refractivity (Wildman–Crippen MR) is 134 cm³/mol. The number of fused-ring (bicyclic) bond motifs is 1. The highest BCUT2D eigenvalue weighted by Crippen LogP contribution is 2.43. The van der Waals surface area contributed by atoms with E-state index in [9.17, 15) is 0 Å². The van der Waals surface area contributed by atoms with Crippen LogP contribution in [0.5, 0.6) is 0 Å². The van der Waals surface area contributed by atoms with E-state index in [0.29, 0.717) is 0 Å². The summed E-state index contributed by atoms with van der Waals surface area (Å²) in [5.41, 5.74) is 4.83. The van der Waals surface area contributed by atoms with Crippen LogP contribution in [0.4, 0.5) is 0 Å². The summed E-state index contributed by atoms with van der Waals surface area (Å²) in [5, 5.41) is 8.92. The Kier molecular flexibility index (Phi) is 3.49. The number of aromatic nitrogens is 1. The van der Waals surface area contributed by atoms with Gasteiger partial charge in [-0.25, -0.2) is 4.98 Å². The van der Waals surface area contributed by atoms with Crippen molar-refractivity contribution in [1.82, 2.24) is 4.98 Å². The van der Waals surface area contributed by atoms with Crippen LogP contribution < -0.4 is 0 Å². The van der Waals surface area contributed by atoms with Crippen molar-refractivity contribution in [2.45, 2.75) is 0 Å². The monoisotopic (exact) mass is 411 g/mol. The first-order chi connectivity index (χ1) is 15.4. The normalized spacial score (nSPS) is 11.9. The number of para-hydroxylation sites is 1. The molecule has 6 aromatic carbocycles. The fourth-order valence-corrected chi connectivity index (χ4v) is 5.85. The van der Waals surface area contributed by atoms with Gasteiger partial charge in [0.2, 0.25) is 0 Å². The molecule has 144 valence electrons. The van der Waals surface area contributed by atoms with E-state index in [4.69, 9.17) is 4.98 Å². The molecule has 2 heteroatoms. The molecule has 1 aromatic heterocycles. The summed E-state index contributed by atoms with van der Waals surface area (Å²) in [4.78, 5) is 4.95. The Morgan fingerprint density at radius 3 is 1.87 bits per heavy atom. The highest BCUT2D eigenvalue weighted by atomic mass is 32.1. The topological polar surface area (TPSA) is 12.9 Å². The lowest BCUT2D eigenvalue weighted by Crippen LogP contribution is -1.89. The average Bonchev–Trinajstić information content (AvgIpc) is 3.27. The minimum Gasteiger partial charge on any atom is -0.236 e. The van der Waals surface area contributed by atoms with E-state index in [1.54, 1.807) is 11.3 Å². The molecule has 7 aromatic rings. The third-order valence-corrected chi connectivity index (χ3v) is 7.34. The average molecular weight is 412 g/mol. The SMILES string of the molecule is c1ccc(-c2ccc3ccc4c(-c5nc6ccccc6s5)ccc5ccc2c3c54)cc1. The van der Waals surface area contributed by atoms with Crippen LogP contribution in [-0.4, -0.2) is 4.98 Å². The molecule has 0 radical (unpaired) electrons. The van der Waals surface area contributed by atoms with Gasteiger partial charge in [-0.2, -0.15) is 0 Å². The second-order valence-electron chi connectivity index (χ2n) is 8.00. The van der Waals surface area contributed by atoms with Crippen molar-refractivity contribution >= 4 is 53.9 Å². The van der Waals surface area contributed by atoms with Crippen molar-refractivity contribution in [3.8, 4) is 21.7 Å². The minimum absolute atomic E-state index is 1.07. The lowest BCUT2D eigenvalue weighted by molar-refractivity contribution is 1.49. The smallest absolute Gasteiger partial charge is 0.125 e. The van der Waals surface area contributed by atoms with E-state index in [1.807, 2.05) is 0 Å². The molecule has 0 spiro atoms. The predicted octanol–water partition coefficient (Wildman–Crippen LogP) is 8.53. The van der Waals surface area contributed by atoms with Gasteiger partial charge in [0.05, 0.1) is 10.2 Å². The highest BCUT2D eigenvalue weighted by molar-refractivity contribution is 7.21. The Hall–Kier alpha value is -3.75. The van der Waals surface area contributed by atoms with Gasteiger partial charge >= 0.3 is 0 Å². The summed E-state index contributed by atoms with van der Waals surface area (Å²) in [6, 6.07) is 37.1. The molecule has 0 bridgehead atoms.